The zero-order chi connectivity index (χ0) is 26.2. The van der Waals surface area contributed by atoms with Crippen molar-refractivity contribution in [2.75, 3.05) is 5.73 Å². The monoisotopic (exact) mass is 497 g/mol. The van der Waals surface area contributed by atoms with Crippen molar-refractivity contribution in [2.45, 2.75) is 0 Å². The van der Waals surface area contributed by atoms with E-state index in [1.807, 2.05) is 0 Å². The van der Waals surface area contributed by atoms with Crippen LogP contribution in [0, 0.1) is 0 Å². The molecule has 0 spiro atoms. The van der Waals surface area contributed by atoms with Crippen LogP contribution in [0.3, 0.4) is 0 Å². The van der Waals surface area contributed by atoms with Crippen molar-refractivity contribution in [3.05, 3.63) is 152 Å². The predicted molar refractivity (Wildman–Crippen MR) is 168 cm³/mol. The number of rotatable bonds is 4. The topological polar surface area (TPSA) is 26.0 Å². The van der Waals surface area contributed by atoms with Gasteiger partial charge in [-0.15, -0.1) is 0 Å². The van der Waals surface area contributed by atoms with E-state index in [1.54, 1.807) is 0 Å². The standard InChI is InChI=1S/C38H27N/c39-34-25-24-33(36(27-16-6-2-7-17-27)37(34)28-18-8-3-9-19-28)38-31-22-12-10-20-29(31)35(26-14-4-1-5-15-26)30-21-11-13-23-32(30)38/h1-25H,39H2. The minimum atomic E-state index is 0.776. The Morgan fingerprint density at radius 2 is 0.641 bits per heavy atom. The van der Waals surface area contributed by atoms with E-state index in [4.69, 9.17) is 5.73 Å². The normalized spacial score (nSPS) is 11.2. The van der Waals surface area contributed by atoms with Gasteiger partial charge in [0.2, 0.25) is 0 Å². The molecule has 0 amide bonds. The Labute approximate surface area is 228 Å². The Morgan fingerprint density at radius 3 is 1.10 bits per heavy atom. The molecule has 0 saturated carbocycles. The Bertz CT molecular complexity index is 1880. The molecule has 7 aromatic carbocycles. The number of fused-ring (bicyclic) bond motifs is 2. The van der Waals surface area contributed by atoms with Crippen molar-refractivity contribution in [3.63, 3.8) is 0 Å². The van der Waals surface area contributed by atoms with Crippen LogP contribution < -0.4 is 5.73 Å². The lowest BCUT2D eigenvalue weighted by Crippen LogP contribution is -1.98. The quantitative estimate of drug-likeness (QED) is 0.190. The van der Waals surface area contributed by atoms with E-state index in [2.05, 4.69) is 152 Å². The van der Waals surface area contributed by atoms with Crippen LogP contribution in [0.4, 0.5) is 5.69 Å². The first-order valence-corrected chi connectivity index (χ1v) is 13.3. The highest BCUT2D eigenvalue weighted by Gasteiger charge is 2.22. The van der Waals surface area contributed by atoms with Gasteiger partial charge in [-0.1, -0.05) is 146 Å². The lowest BCUT2D eigenvalue weighted by Gasteiger charge is -2.22. The van der Waals surface area contributed by atoms with Crippen molar-refractivity contribution >= 4 is 27.2 Å². The third kappa shape index (κ3) is 3.88. The van der Waals surface area contributed by atoms with E-state index in [9.17, 15) is 0 Å². The van der Waals surface area contributed by atoms with Gasteiger partial charge in [0.1, 0.15) is 0 Å². The van der Waals surface area contributed by atoms with Crippen LogP contribution in [0.5, 0.6) is 0 Å². The van der Waals surface area contributed by atoms with E-state index in [-0.39, 0.29) is 0 Å². The minimum Gasteiger partial charge on any atom is -0.398 e. The Morgan fingerprint density at radius 1 is 0.282 bits per heavy atom. The van der Waals surface area contributed by atoms with E-state index in [1.165, 1.54) is 43.8 Å². The Kier molecular flexibility index (Phi) is 5.68. The molecule has 1 nitrogen and oxygen atoms in total. The lowest BCUT2D eigenvalue weighted by atomic mass is 9.81. The van der Waals surface area contributed by atoms with Gasteiger partial charge < -0.3 is 5.73 Å². The molecule has 0 atom stereocenters. The summed E-state index contributed by atoms with van der Waals surface area (Å²) in [7, 11) is 0. The fourth-order valence-corrected chi connectivity index (χ4v) is 5.98. The second-order valence-electron chi connectivity index (χ2n) is 9.89. The molecule has 184 valence electrons. The van der Waals surface area contributed by atoms with Gasteiger partial charge in [-0.3, -0.25) is 0 Å². The van der Waals surface area contributed by atoms with Gasteiger partial charge in [0, 0.05) is 11.3 Å². The first-order chi connectivity index (χ1) is 19.3. The second kappa shape index (κ2) is 9.63. The molecule has 0 aromatic heterocycles. The van der Waals surface area contributed by atoms with Crippen LogP contribution in [0.2, 0.25) is 0 Å². The average Bonchev–Trinajstić information content (AvgIpc) is 3.01. The van der Waals surface area contributed by atoms with Crippen molar-refractivity contribution in [2.24, 2.45) is 0 Å². The maximum Gasteiger partial charge on any atom is 0.0400 e. The van der Waals surface area contributed by atoms with Gasteiger partial charge in [-0.25, -0.2) is 0 Å². The summed E-state index contributed by atoms with van der Waals surface area (Å²) < 4.78 is 0. The van der Waals surface area contributed by atoms with Crippen molar-refractivity contribution in [1.29, 1.82) is 0 Å². The van der Waals surface area contributed by atoms with Crippen LogP contribution in [0.1, 0.15) is 0 Å². The van der Waals surface area contributed by atoms with Crippen molar-refractivity contribution < 1.29 is 0 Å². The molecular formula is C38H27N. The minimum absolute atomic E-state index is 0.776. The van der Waals surface area contributed by atoms with Crippen molar-refractivity contribution in [3.8, 4) is 44.5 Å². The summed E-state index contributed by atoms with van der Waals surface area (Å²) in [6.07, 6.45) is 0. The SMILES string of the molecule is Nc1ccc(-c2c3ccccc3c(-c3ccccc3)c3ccccc23)c(-c2ccccc2)c1-c1ccccc1. The number of hydrogen-bond donors (Lipinski definition) is 1. The van der Waals surface area contributed by atoms with E-state index in [0.717, 1.165) is 27.9 Å². The van der Waals surface area contributed by atoms with Gasteiger partial charge in [0.25, 0.3) is 0 Å². The van der Waals surface area contributed by atoms with Gasteiger partial charge in [0.05, 0.1) is 0 Å². The molecule has 0 unspecified atom stereocenters. The molecular weight excluding hydrogens is 470 g/mol. The fraction of sp³-hybridized carbons (Fsp3) is 0. The maximum atomic E-state index is 6.76. The Hall–Kier alpha value is -5.14. The lowest BCUT2D eigenvalue weighted by molar-refractivity contribution is 1.57. The van der Waals surface area contributed by atoms with Gasteiger partial charge in [-0.05, 0) is 66.6 Å². The molecule has 0 aliphatic heterocycles. The molecule has 0 heterocycles. The van der Waals surface area contributed by atoms with Crippen LogP contribution in [-0.2, 0) is 0 Å². The summed E-state index contributed by atoms with van der Waals surface area (Å²) in [6, 6.07) is 53.8. The largest absolute Gasteiger partial charge is 0.398 e. The zero-order valence-corrected chi connectivity index (χ0v) is 21.5. The first-order valence-electron chi connectivity index (χ1n) is 13.3. The number of anilines is 1. The molecule has 7 rings (SSSR count). The third-order valence-corrected chi connectivity index (χ3v) is 7.63. The van der Waals surface area contributed by atoms with Gasteiger partial charge in [0.15, 0.2) is 0 Å². The van der Waals surface area contributed by atoms with Crippen LogP contribution in [0.15, 0.2) is 152 Å². The predicted octanol–water partition coefficient (Wildman–Crippen LogP) is 10.2. The number of benzene rings is 7. The fourth-order valence-electron chi connectivity index (χ4n) is 5.98. The van der Waals surface area contributed by atoms with Crippen LogP contribution in [0.25, 0.3) is 66.1 Å². The molecule has 39 heavy (non-hydrogen) atoms. The molecule has 0 bridgehead atoms. The van der Waals surface area contributed by atoms with Gasteiger partial charge >= 0.3 is 0 Å². The van der Waals surface area contributed by atoms with E-state index in [0.29, 0.717) is 0 Å². The highest BCUT2D eigenvalue weighted by Crippen LogP contribution is 2.49. The Balaban J connectivity index is 1.67. The number of nitrogens with two attached hydrogens (primary N) is 1. The van der Waals surface area contributed by atoms with E-state index < -0.39 is 0 Å². The summed E-state index contributed by atoms with van der Waals surface area (Å²) in [6.45, 7) is 0. The van der Waals surface area contributed by atoms with E-state index >= 15 is 0 Å². The molecule has 1 heteroatoms. The first kappa shape index (κ1) is 23.0. The van der Waals surface area contributed by atoms with Gasteiger partial charge in [-0.2, -0.15) is 0 Å². The van der Waals surface area contributed by atoms with Crippen LogP contribution in [-0.4, -0.2) is 0 Å². The number of nitrogen functional groups attached to an aromatic ring is 1. The number of hydrogen-bond acceptors (Lipinski definition) is 1. The van der Waals surface area contributed by atoms with Crippen molar-refractivity contribution in [1.82, 2.24) is 0 Å². The zero-order valence-electron chi connectivity index (χ0n) is 21.5. The second-order valence-corrected chi connectivity index (χ2v) is 9.89. The highest BCUT2D eigenvalue weighted by molar-refractivity contribution is 6.23. The summed E-state index contributed by atoms with van der Waals surface area (Å²) in [5.74, 6) is 0. The molecule has 0 aliphatic carbocycles. The average molecular weight is 498 g/mol. The summed E-state index contributed by atoms with van der Waals surface area (Å²) in [4.78, 5) is 0. The molecule has 2 N–H and O–H groups in total. The highest BCUT2D eigenvalue weighted by atomic mass is 14.6. The molecule has 0 radical (unpaired) electrons. The molecule has 0 fully saturated rings. The molecule has 0 saturated heterocycles. The summed E-state index contributed by atoms with van der Waals surface area (Å²) in [5, 5.41) is 4.95. The molecule has 7 aromatic rings. The smallest absolute Gasteiger partial charge is 0.0400 e. The summed E-state index contributed by atoms with van der Waals surface area (Å²) >= 11 is 0. The molecule has 0 aliphatic rings. The summed E-state index contributed by atoms with van der Waals surface area (Å²) in [5.41, 5.74) is 16.9. The third-order valence-electron chi connectivity index (χ3n) is 7.63. The maximum absolute atomic E-state index is 6.76. The van der Waals surface area contributed by atoms with Crippen LogP contribution >= 0.6 is 0 Å².